The highest BCUT2D eigenvalue weighted by molar-refractivity contribution is 5.48. The first-order chi connectivity index (χ1) is 9.51. The number of hydrogen-bond donors (Lipinski definition) is 1. The molecule has 1 saturated carbocycles. The van der Waals surface area contributed by atoms with Crippen molar-refractivity contribution in [2.75, 3.05) is 7.11 Å². The van der Waals surface area contributed by atoms with E-state index in [-0.39, 0.29) is 5.54 Å². The van der Waals surface area contributed by atoms with Gasteiger partial charge < -0.3 is 10.5 Å². The summed E-state index contributed by atoms with van der Waals surface area (Å²) in [6.07, 6.45) is 7.29. The van der Waals surface area contributed by atoms with E-state index in [0.29, 0.717) is 0 Å². The van der Waals surface area contributed by atoms with Crippen LogP contribution in [0.5, 0.6) is 5.75 Å². The van der Waals surface area contributed by atoms with E-state index in [0.717, 1.165) is 24.5 Å². The van der Waals surface area contributed by atoms with Gasteiger partial charge in [-0.1, -0.05) is 31.9 Å². The Kier molecular flexibility index (Phi) is 4.74. The van der Waals surface area contributed by atoms with Crippen LogP contribution in [0.1, 0.15) is 62.1 Å². The summed E-state index contributed by atoms with van der Waals surface area (Å²) in [5, 5.41) is 0. The van der Waals surface area contributed by atoms with Crippen molar-refractivity contribution in [2.24, 2.45) is 11.7 Å². The smallest absolute Gasteiger partial charge is 0.127 e. The highest BCUT2D eigenvalue weighted by Crippen LogP contribution is 2.43. The molecular formula is C18H29NO. The minimum absolute atomic E-state index is 0.200. The van der Waals surface area contributed by atoms with Gasteiger partial charge in [0.05, 0.1) is 7.11 Å². The fourth-order valence-electron chi connectivity index (χ4n) is 3.60. The molecular weight excluding hydrogens is 246 g/mol. The molecule has 1 fully saturated rings. The molecule has 0 unspecified atom stereocenters. The van der Waals surface area contributed by atoms with Gasteiger partial charge in [0.1, 0.15) is 5.75 Å². The third kappa shape index (κ3) is 2.85. The van der Waals surface area contributed by atoms with E-state index < -0.39 is 0 Å². The lowest BCUT2D eigenvalue weighted by atomic mass is 9.71. The van der Waals surface area contributed by atoms with Crippen LogP contribution in [-0.4, -0.2) is 7.11 Å². The topological polar surface area (TPSA) is 35.2 Å². The second-order valence-corrected chi connectivity index (χ2v) is 6.48. The minimum atomic E-state index is -0.200. The maximum atomic E-state index is 6.75. The molecule has 0 atom stereocenters. The van der Waals surface area contributed by atoms with Gasteiger partial charge in [-0.3, -0.25) is 0 Å². The van der Waals surface area contributed by atoms with Crippen LogP contribution in [0.3, 0.4) is 0 Å². The van der Waals surface area contributed by atoms with Crippen LogP contribution >= 0.6 is 0 Å². The third-order valence-electron chi connectivity index (χ3n) is 5.11. The lowest BCUT2D eigenvalue weighted by Crippen LogP contribution is -2.41. The van der Waals surface area contributed by atoms with Crippen molar-refractivity contribution in [3.05, 3.63) is 28.8 Å². The average molecular weight is 275 g/mol. The molecule has 1 aromatic rings. The molecule has 1 aliphatic carbocycles. The van der Waals surface area contributed by atoms with Crippen molar-refractivity contribution in [1.82, 2.24) is 0 Å². The van der Waals surface area contributed by atoms with Gasteiger partial charge in [0.25, 0.3) is 0 Å². The Labute approximate surface area is 123 Å². The first-order valence-corrected chi connectivity index (χ1v) is 7.95. The van der Waals surface area contributed by atoms with Crippen molar-refractivity contribution in [3.8, 4) is 5.75 Å². The number of aryl methyl sites for hydroxylation is 1. The molecule has 0 bridgehead atoms. The van der Waals surface area contributed by atoms with E-state index in [1.807, 2.05) is 0 Å². The van der Waals surface area contributed by atoms with E-state index in [9.17, 15) is 0 Å². The summed E-state index contributed by atoms with van der Waals surface area (Å²) < 4.78 is 5.67. The van der Waals surface area contributed by atoms with Crippen molar-refractivity contribution >= 4 is 0 Å². The standard InChI is InChI=1S/C18H29NO/c1-5-6-15-9-11-18(19,12-10-15)16-8-7-13(2)14(3)17(16)20-4/h7-8,15H,5-6,9-12,19H2,1-4H3. The van der Waals surface area contributed by atoms with Crippen molar-refractivity contribution in [1.29, 1.82) is 0 Å². The van der Waals surface area contributed by atoms with Crippen LogP contribution in [0.25, 0.3) is 0 Å². The molecule has 2 N–H and O–H groups in total. The quantitative estimate of drug-likeness (QED) is 0.880. The maximum Gasteiger partial charge on any atom is 0.127 e. The summed E-state index contributed by atoms with van der Waals surface area (Å²) in [5.41, 5.74) is 10.3. The van der Waals surface area contributed by atoms with Crippen LogP contribution in [0.15, 0.2) is 12.1 Å². The molecule has 0 heterocycles. The van der Waals surface area contributed by atoms with Gasteiger partial charge in [-0.15, -0.1) is 0 Å². The van der Waals surface area contributed by atoms with Crippen molar-refractivity contribution < 1.29 is 4.74 Å². The molecule has 0 spiro atoms. The third-order valence-corrected chi connectivity index (χ3v) is 5.11. The van der Waals surface area contributed by atoms with Gasteiger partial charge in [-0.2, -0.15) is 0 Å². The number of rotatable bonds is 4. The maximum absolute atomic E-state index is 6.75. The Bertz CT molecular complexity index is 459. The van der Waals surface area contributed by atoms with E-state index in [2.05, 4.69) is 32.9 Å². The summed E-state index contributed by atoms with van der Waals surface area (Å²) in [5.74, 6) is 1.87. The Balaban J connectivity index is 2.25. The van der Waals surface area contributed by atoms with Crippen LogP contribution in [0.2, 0.25) is 0 Å². The Morgan fingerprint density at radius 3 is 2.45 bits per heavy atom. The molecule has 1 aliphatic rings. The van der Waals surface area contributed by atoms with Crippen LogP contribution < -0.4 is 10.5 Å². The summed E-state index contributed by atoms with van der Waals surface area (Å²) in [6.45, 7) is 6.53. The number of methoxy groups -OCH3 is 1. The molecule has 1 aromatic carbocycles. The SMILES string of the molecule is CCCC1CCC(N)(c2ccc(C)c(C)c2OC)CC1. The number of ether oxygens (including phenoxy) is 1. The molecule has 0 amide bonds. The zero-order chi connectivity index (χ0) is 14.8. The Morgan fingerprint density at radius 2 is 1.90 bits per heavy atom. The molecule has 0 aromatic heterocycles. The molecule has 2 nitrogen and oxygen atoms in total. The molecule has 0 radical (unpaired) electrons. The molecule has 0 aliphatic heterocycles. The number of benzene rings is 1. The Hall–Kier alpha value is -1.02. The Morgan fingerprint density at radius 1 is 1.25 bits per heavy atom. The van der Waals surface area contributed by atoms with Crippen LogP contribution in [0.4, 0.5) is 0 Å². The first-order valence-electron chi connectivity index (χ1n) is 7.95. The zero-order valence-corrected chi connectivity index (χ0v) is 13.5. The van der Waals surface area contributed by atoms with Crippen LogP contribution in [-0.2, 0) is 5.54 Å². The lowest BCUT2D eigenvalue weighted by Gasteiger charge is -2.38. The highest BCUT2D eigenvalue weighted by Gasteiger charge is 2.35. The van der Waals surface area contributed by atoms with E-state index in [4.69, 9.17) is 10.5 Å². The summed E-state index contributed by atoms with van der Waals surface area (Å²) in [7, 11) is 1.76. The van der Waals surface area contributed by atoms with Gasteiger partial charge in [0.2, 0.25) is 0 Å². The summed E-state index contributed by atoms with van der Waals surface area (Å²) in [6, 6.07) is 4.36. The van der Waals surface area contributed by atoms with Crippen molar-refractivity contribution in [3.63, 3.8) is 0 Å². The van der Waals surface area contributed by atoms with Crippen molar-refractivity contribution in [2.45, 2.75) is 64.8 Å². The second kappa shape index (κ2) is 6.17. The normalized spacial score (nSPS) is 26.6. The van der Waals surface area contributed by atoms with Gasteiger partial charge in [0, 0.05) is 11.1 Å². The molecule has 112 valence electrons. The molecule has 0 saturated heterocycles. The van der Waals surface area contributed by atoms with E-state index >= 15 is 0 Å². The molecule has 20 heavy (non-hydrogen) atoms. The van der Waals surface area contributed by atoms with Gasteiger partial charge in [0.15, 0.2) is 0 Å². The fourth-order valence-corrected chi connectivity index (χ4v) is 3.60. The fraction of sp³-hybridized carbons (Fsp3) is 0.667. The monoisotopic (exact) mass is 275 g/mol. The zero-order valence-electron chi connectivity index (χ0n) is 13.5. The number of hydrogen-bond acceptors (Lipinski definition) is 2. The molecule has 2 heteroatoms. The molecule has 2 rings (SSSR count). The predicted molar refractivity (Wildman–Crippen MR) is 85.2 cm³/mol. The predicted octanol–water partition coefficient (Wildman–Crippen LogP) is 4.46. The summed E-state index contributed by atoms with van der Waals surface area (Å²) in [4.78, 5) is 0. The minimum Gasteiger partial charge on any atom is -0.496 e. The number of nitrogens with two attached hydrogens (primary N) is 1. The summed E-state index contributed by atoms with van der Waals surface area (Å²) >= 11 is 0. The lowest BCUT2D eigenvalue weighted by molar-refractivity contribution is 0.221. The van der Waals surface area contributed by atoms with Gasteiger partial charge in [-0.25, -0.2) is 0 Å². The van der Waals surface area contributed by atoms with E-state index in [1.165, 1.54) is 42.4 Å². The first kappa shape index (κ1) is 15.4. The largest absolute Gasteiger partial charge is 0.496 e. The average Bonchev–Trinajstić information content (AvgIpc) is 2.44. The second-order valence-electron chi connectivity index (χ2n) is 6.48. The van der Waals surface area contributed by atoms with Gasteiger partial charge >= 0.3 is 0 Å². The van der Waals surface area contributed by atoms with Gasteiger partial charge in [-0.05, 0) is 56.6 Å². The van der Waals surface area contributed by atoms with Crippen LogP contribution in [0, 0.1) is 19.8 Å². The highest BCUT2D eigenvalue weighted by atomic mass is 16.5. The van der Waals surface area contributed by atoms with E-state index in [1.54, 1.807) is 7.11 Å².